The van der Waals surface area contributed by atoms with E-state index in [0.29, 0.717) is 21.9 Å². The number of benzene rings is 5. The fraction of sp³-hybridized carbons (Fsp3) is 0. The van der Waals surface area contributed by atoms with Crippen LogP contribution in [0.3, 0.4) is 0 Å². The summed E-state index contributed by atoms with van der Waals surface area (Å²) in [6, 6.07) is 28.7. The Bertz CT molecular complexity index is 1750. The van der Waals surface area contributed by atoms with Crippen LogP contribution in [0.25, 0.3) is 39.8 Å². The Morgan fingerprint density at radius 1 is 0.579 bits per heavy atom. The third-order valence-electron chi connectivity index (χ3n) is 6.79. The van der Waals surface area contributed by atoms with Crippen LogP contribution in [0, 0.1) is 0 Å². The van der Waals surface area contributed by atoms with Crippen LogP contribution in [0.4, 0.5) is 0 Å². The average Bonchev–Trinajstić information content (AvgIpc) is 2.98. The Balaban J connectivity index is 1.87. The first kappa shape index (κ1) is 25.1. The van der Waals surface area contributed by atoms with Crippen molar-refractivity contribution in [1.82, 2.24) is 0 Å². The second kappa shape index (κ2) is 10.0. The quantitative estimate of drug-likeness (QED) is 0.155. The molecule has 0 amide bonds. The summed E-state index contributed by atoms with van der Waals surface area (Å²) in [6.45, 7) is 11.6. The van der Waals surface area contributed by atoms with Gasteiger partial charge in [-0.15, -0.1) is 0 Å². The molecule has 0 fully saturated rings. The molecule has 0 radical (unpaired) electrons. The summed E-state index contributed by atoms with van der Waals surface area (Å²) in [6.07, 6.45) is 4.71. The highest BCUT2D eigenvalue weighted by molar-refractivity contribution is 8.01. The molecule has 0 N–H and O–H groups in total. The average molecular weight is 513 g/mol. The van der Waals surface area contributed by atoms with Crippen molar-refractivity contribution in [3.63, 3.8) is 0 Å². The molecule has 5 rings (SSSR count). The Hall–Kier alpha value is -4.59. The summed E-state index contributed by atoms with van der Waals surface area (Å²) < 4.78 is 15.2. The van der Waals surface area contributed by atoms with Gasteiger partial charge >= 0.3 is 0 Å². The number of fused-ring (bicyclic) bond motifs is 2. The van der Waals surface area contributed by atoms with Crippen LogP contribution in [0.5, 0.6) is 0 Å². The molecule has 1 unspecified atom stereocenters. The van der Waals surface area contributed by atoms with Gasteiger partial charge < -0.3 is 4.57 Å². The van der Waals surface area contributed by atoms with E-state index >= 15 is 4.57 Å². The van der Waals surface area contributed by atoms with Crippen molar-refractivity contribution in [3.8, 4) is 0 Å². The van der Waals surface area contributed by atoms with Crippen LogP contribution in [0.1, 0.15) is 37.4 Å². The maximum Gasteiger partial charge on any atom is 0.248 e. The lowest BCUT2D eigenvalue weighted by Gasteiger charge is -2.21. The molecule has 0 spiro atoms. The second-order valence-electron chi connectivity index (χ2n) is 8.94. The van der Waals surface area contributed by atoms with Crippen LogP contribution in [0.2, 0.25) is 0 Å². The van der Waals surface area contributed by atoms with Crippen molar-refractivity contribution < 1.29 is 14.2 Å². The summed E-state index contributed by atoms with van der Waals surface area (Å²) >= 11 is 0. The number of carbonyl (C=O) groups excluding carboxylic acids is 2. The maximum atomic E-state index is 15.2. The molecule has 5 aromatic rings. The van der Waals surface area contributed by atoms with Gasteiger partial charge in [-0.2, -0.15) is 0 Å². The predicted molar refractivity (Wildman–Crippen MR) is 161 cm³/mol. The molecule has 0 saturated carbocycles. The summed E-state index contributed by atoms with van der Waals surface area (Å²) in [5, 5.41) is 3.14. The van der Waals surface area contributed by atoms with Crippen LogP contribution in [0.15, 0.2) is 117 Å². The third kappa shape index (κ3) is 3.98. The molecule has 0 aliphatic rings. The Morgan fingerprint density at radius 3 is 1.55 bits per heavy atom. The van der Waals surface area contributed by atoms with E-state index in [1.165, 1.54) is 12.2 Å². The molecular formula is C34H25O3P. The minimum atomic E-state index is -4.41. The fourth-order valence-corrected chi connectivity index (χ4v) is 7.30. The molecule has 1 atom stereocenters. The predicted octanol–water partition coefficient (Wildman–Crippen LogP) is 8.59. The van der Waals surface area contributed by atoms with Crippen LogP contribution in [-0.4, -0.2) is 11.0 Å². The molecule has 0 aromatic heterocycles. The zero-order valence-electron chi connectivity index (χ0n) is 20.8. The monoisotopic (exact) mass is 512 g/mol. The van der Waals surface area contributed by atoms with E-state index in [1.807, 2.05) is 54.6 Å². The van der Waals surface area contributed by atoms with E-state index in [1.54, 1.807) is 48.5 Å². The summed E-state index contributed by atoms with van der Waals surface area (Å²) in [7, 11) is -4.41. The highest BCUT2D eigenvalue weighted by atomic mass is 31.2. The first-order chi connectivity index (χ1) is 18.4. The molecule has 5 aromatic carbocycles. The van der Waals surface area contributed by atoms with Gasteiger partial charge in [0.15, 0.2) is 0 Å². The van der Waals surface area contributed by atoms with Gasteiger partial charge in [-0.3, -0.25) is 9.59 Å². The van der Waals surface area contributed by atoms with Crippen LogP contribution < -0.4 is 5.30 Å². The largest absolute Gasteiger partial charge is 0.302 e. The Kier molecular flexibility index (Phi) is 6.63. The molecular weight excluding hydrogens is 487 g/mol. The topological polar surface area (TPSA) is 51.2 Å². The van der Waals surface area contributed by atoms with Crippen LogP contribution in [-0.2, 0) is 4.57 Å². The highest BCUT2D eigenvalue weighted by Crippen LogP contribution is 2.53. The van der Waals surface area contributed by atoms with Gasteiger partial charge in [-0.25, -0.2) is 0 Å². The smallest absolute Gasteiger partial charge is 0.248 e. The standard InChI is InChI=1S/C34H25O3P/c1-4-23-20-24(5-2)31(25(6-3)21-23)33(35)38(37,28-16-8-7-9-17-28)34(36)32-29-18-12-10-14-26(29)22-27-15-11-13-19-30(27)32/h4-22H,1-3H2. The first-order valence-electron chi connectivity index (χ1n) is 12.1. The highest BCUT2D eigenvalue weighted by Gasteiger charge is 2.45. The molecule has 0 bridgehead atoms. The molecule has 0 aliphatic carbocycles. The molecule has 0 aliphatic heterocycles. The van der Waals surface area contributed by atoms with Gasteiger partial charge in [0.2, 0.25) is 18.2 Å². The van der Waals surface area contributed by atoms with E-state index in [-0.39, 0.29) is 16.4 Å². The lowest BCUT2D eigenvalue weighted by molar-refractivity contribution is 0.104. The molecule has 4 heteroatoms. The van der Waals surface area contributed by atoms with Crippen molar-refractivity contribution in [2.24, 2.45) is 0 Å². The molecule has 3 nitrogen and oxygen atoms in total. The lowest BCUT2D eigenvalue weighted by Crippen LogP contribution is -2.22. The number of hydrogen-bond acceptors (Lipinski definition) is 3. The van der Waals surface area contributed by atoms with E-state index in [2.05, 4.69) is 19.7 Å². The molecule has 0 saturated heterocycles. The minimum Gasteiger partial charge on any atom is -0.302 e. The zero-order valence-corrected chi connectivity index (χ0v) is 21.7. The SMILES string of the molecule is C=Cc1cc(C=C)c(C(=O)P(=O)(C(=O)c2c3ccccc3cc3ccccc23)c2ccccc2)c(C=C)c1. The maximum absolute atomic E-state index is 15.2. The van der Waals surface area contributed by atoms with E-state index in [4.69, 9.17) is 0 Å². The van der Waals surface area contributed by atoms with Gasteiger partial charge in [0.1, 0.15) is 0 Å². The number of hydrogen-bond donors (Lipinski definition) is 0. The fourth-order valence-electron chi connectivity index (χ4n) is 4.92. The van der Waals surface area contributed by atoms with Crippen molar-refractivity contribution in [3.05, 3.63) is 145 Å². The number of carbonyl (C=O) groups is 2. The number of rotatable bonds is 8. The normalized spacial score (nSPS) is 12.5. The molecule has 184 valence electrons. The minimum absolute atomic E-state index is 0.158. The molecule has 38 heavy (non-hydrogen) atoms. The van der Waals surface area contributed by atoms with Crippen molar-refractivity contribution >= 4 is 63.3 Å². The van der Waals surface area contributed by atoms with Crippen molar-refractivity contribution in [1.29, 1.82) is 0 Å². The van der Waals surface area contributed by atoms with Crippen molar-refractivity contribution in [2.45, 2.75) is 0 Å². The van der Waals surface area contributed by atoms with Gasteiger partial charge in [-0.05, 0) is 56.4 Å². The van der Waals surface area contributed by atoms with E-state index in [0.717, 1.165) is 16.3 Å². The summed E-state index contributed by atoms with van der Waals surface area (Å²) in [4.78, 5) is 29.2. The lowest BCUT2D eigenvalue weighted by atomic mass is 9.97. The van der Waals surface area contributed by atoms with Gasteiger partial charge in [0.25, 0.3) is 0 Å². The zero-order chi connectivity index (χ0) is 26.9. The van der Waals surface area contributed by atoms with Gasteiger partial charge in [0, 0.05) is 16.4 Å². The van der Waals surface area contributed by atoms with Crippen LogP contribution >= 0.6 is 7.14 Å². The van der Waals surface area contributed by atoms with Gasteiger partial charge in [-0.1, -0.05) is 117 Å². The summed E-state index contributed by atoms with van der Waals surface area (Å²) in [5.41, 5.74) is 0.689. The van der Waals surface area contributed by atoms with Gasteiger partial charge in [0.05, 0.1) is 0 Å². The van der Waals surface area contributed by atoms with E-state index in [9.17, 15) is 9.59 Å². The second-order valence-corrected chi connectivity index (χ2v) is 11.5. The van der Waals surface area contributed by atoms with Crippen molar-refractivity contribution in [2.75, 3.05) is 0 Å². The Morgan fingerprint density at radius 2 is 1.05 bits per heavy atom. The summed E-state index contributed by atoms with van der Waals surface area (Å²) in [5.74, 6) is 0. The van der Waals surface area contributed by atoms with E-state index < -0.39 is 18.2 Å². The molecule has 0 heterocycles. The Labute approximate surface area is 221 Å². The first-order valence-corrected chi connectivity index (χ1v) is 13.9. The third-order valence-corrected chi connectivity index (χ3v) is 9.40.